The molecule has 2 rings (SSSR count). The highest BCUT2D eigenvalue weighted by atomic mass is 79.9. The van der Waals surface area contributed by atoms with Gasteiger partial charge in [-0.1, -0.05) is 13.8 Å². The lowest BCUT2D eigenvalue weighted by molar-refractivity contribution is 0.442. The van der Waals surface area contributed by atoms with E-state index in [9.17, 15) is 0 Å². The lowest BCUT2D eigenvalue weighted by Crippen LogP contribution is -2.21. The molecular weight excluding hydrogens is 302 g/mol. The number of hydrogen-bond acceptors (Lipinski definition) is 2. The Bertz CT molecular complexity index is 516. The molecule has 2 heterocycles. The van der Waals surface area contributed by atoms with E-state index in [0.29, 0.717) is 12.0 Å². The van der Waals surface area contributed by atoms with Gasteiger partial charge in [-0.25, -0.2) is 0 Å². The summed E-state index contributed by atoms with van der Waals surface area (Å²) in [6.45, 7) is 5.27. The predicted octanol–water partition coefficient (Wildman–Crippen LogP) is 3.61. The Hall–Kier alpha value is -1.13. The van der Waals surface area contributed by atoms with Crippen LogP contribution in [-0.4, -0.2) is 16.6 Å². The van der Waals surface area contributed by atoms with Crippen molar-refractivity contribution in [2.24, 2.45) is 5.92 Å². The van der Waals surface area contributed by atoms with Crippen LogP contribution in [-0.2, 0) is 6.54 Å². The smallest absolute Gasteiger partial charge is 0.0642 e. The summed E-state index contributed by atoms with van der Waals surface area (Å²) in [5.41, 5.74) is 2.39. The number of pyridine rings is 1. The molecule has 1 atom stereocenters. The van der Waals surface area contributed by atoms with E-state index in [2.05, 4.69) is 63.1 Å². The molecule has 0 aliphatic rings. The van der Waals surface area contributed by atoms with E-state index in [1.807, 2.05) is 25.4 Å². The Labute approximate surface area is 123 Å². The summed E-state index contributed by atoms with van der Waals surface area (Å²) in [5, 5.41) is 3.37. The first-order valence-electron chi connectivity index (χ1n) is 6.53. The van der Waals surface area contributed by atoms with E-state index in [4.69, 9.17) is 0 Å². The number of rotatable bonds is 5. The summed E-state index contributed by atoms with van der Waals surface area (Å²) in [5.74, 6) is 0.576. The van der Waals surface area contributed by atoms with Crippen LogP contribution in [0.4, 0.5) is 0 Å². The highest BCUT2D eigenvalue weighted by molar-refractivity contribution is 9.10. The first kappa shape index (κ1) is 14.3. The molecule has 0 saturated carbocycles. The second kappa shape index (κ2) is 6.35. The number of hydrogen-bond donors (Lipinski definition) is 1. The van der Waals surface area contributed by atoms with Gasteiger partial charge in [-0.3, -0.25) is 4.98 Å². The molecule has 0 spiro atoms. The van der Waals surface area contributed by atoms with Gasteiger partial charge in [0.25, 0.3) is 0 Å². The summed E-state index contributed by atoms with van der Waals surface area (Å²) in [6, 6.07) is 6.65. The van der Waals surface area contributed by atoms with E-state index in [1.54, 1.807) is 0 Å². The Morgan fingerprint density at radius 1 is 1.32 bits per heavy atom. The summed E-state index contributed by atoms with van der Waals surface area (Å²) in [4.78, 5) is 4.40. The Balaban J connectivity index is 2.10. The first-order valence-corrected chi connectivity index (χ1v) is 7.33. The molecular formula is C15H20BrN3. The molecule has 0 bridgehead atoms. The third-order valence-corrected chi connectivity index (χ3v) is 3.71. The molecule has 3 nitrogen and oxygen atoms in total. The van der Waals surface area contributed by atoms with Crippen LogP contribution in [0.25, 0.3) is 0 Å². The van der Waals surface area contributed by atoms with Crippen molar-refractivity contribution in [1.82, 2.24) is 14.9 Å². The predicted molar refractivity (Wildman–Crippen MR) is 82.1 cm³/mol. The van der Waals surface area contributed by atoms with E-state index in [0.717, 1.165) is 16.7 Å². The first-order chi connectivity index (χ1) is 9.10. The van der Waals surface area contributed by atoms with Crippen LogP contribution in [0.5, 0.6) is 0 Å². The monoisotopic (exact) mass is 321 g/mol. The van der Waals surface area contributed by atoms with Crippen molar-refractivity contribution in [2.75, 3.05) is 7.05 Å². The minimum atomic E-state index is 0.402. The quantitative estimate of drug-likeness (QED) is 0.911. The van der Waals surface area contributed by atoms with Gasteiger partial charge in [0.1, 0.15) is 0 Å². The SMILES string of the molecule is CNC(c1ccn(Cc2ccc(Br)cn2)c1)C(C)C. The molecule has 0 aliphatic heterocycles. The van der Waals surface area contributed by atoms with E-state index in [-0.39, 0.29) is 0 Å². The van der Waals surface area contributed by atoms with Crippen LogP contribution >= 0.6 is 15.9 Å². The molecule has 1 unspecified atom stereocenters. The minimum Gasteiger partial charge on any atom is -0.348 e. The van der Waals surface area contributed by atoms with Gasteiger partial charge in [0.15, 0.2) is 0 Å². The van der Waals surface area contributed by atoms with Crippen LogP contribution in [0.1, 0.15) is 31.1 Å². The summed E-state index contributed by atoms with van der Waals surface area (Å²) < 4.78 is 3.19. The third kappa shape index (κ3) is 3.67. The molecule has 1 N–H and O–H groups in total. The van der Waals surface area contributed by atoms with E-state index >= 15 is 0 Å². The Morgan fingerprint density at radius 3 is 2.68 bits per heavy atom. The molecule has 2 aromatic heterocycles. The second-order valence-electron chi connectivity index (χ2n) is 5.10. The van der Waals surface area contributed by atoms with Crippen molar-refractivity contribution < 1.29 is 0 Å². The van der Waals surface area contributed by atoms with Gasteiger partial charge in [0, 0.05) is 29.1 Å². The normalized spacial score (nSPS) is 12.9. The van der Waals surface area contributed by atoms with Crippen molar-refractivity contribution in [3.8, 4) is 0 Å². The molecule has 0 aliphatic carbocycles. The van der Waals surface area contributed by atoms with Gasteiger partial charge in [0.05, 0.1) is 12.2 Å². The maximum atomic E-state index is 4.40. The van der Waals surface area contributed by atoms with Crippen LogP contribution in [0.3, 0.4) is 0 Å². The van der Waals surface area contributed by atoms with Crippen LogP contribution in [0.2, 0.25) is 0 Å². The zero-order chi connectivity index (χ0) is 13.8. The Morgan fingerprint density at radius 2 is 2.11 bits per heavy atom. The number of aromatic nitrogens is 2. The van der Waals surface area contributed by atoms with Crippen molar-refractivity contribution in [2.45, 2.75) is 26.4 Å². The number of halogens is 1. The average Bonchev–Trinajstić information content (AvgIpc) is 2.81. The fourth-order valence-electron chi connectivity index (χ4n) is 2.31. The number of nitrogens with one attached hydrogen (secondary N) is 1. The van der Waals surface area contributed by atoms with Gasteiger partial charge in [-0.2, -0.15) is 0 Å². The second-order valence-corrected chi connectivity index (χ2v) is 6.01. The molecule has 0 fully saturated rings. The summed E-state index contributed by atoms with van der Waals surface area (Å²) in [6.07, 6.45) is 6.15. The lowest BCUT2D eigenvalue weighted by atomic mass is 9.99. The average molecular weight is 322 g/mol. The highest BCUT2D eigenvalue weighted by Gasteiger charge is 2.14. The third-order valence-electron chi connectivity index (χ3n) is 3.24. The summed E-state index contributed by atoms with van der Waals surface area (Å²) >= 11 is 3.40. The van der Waals surface area contributed by atoms with Gasteiger partial charge in [0.2, 0.25) is 0 Å². The molecule has 19 heavy (non-hydrogen) atoms. The minimum absolute atomic E-state index is 0.402. The fourth-order valence-corrected chi connectivity index (χ4v) is 2.55. The molecule has 4 heteroatoms. The van der Waals surface area contributed by atoms with Gasteiger partial charge in [-0.05, 0) is 52.7 Å². The standard InChI is InChI=1S/C15H20BrN3/c1-11(2)15(17-3)12-6-7-19(9-12)10-14-5-4-13(16)8-18-14/h4-9,11,15,17H,10H2,1-3H3. The zero-order valence-corrected chi connectivity index (χ0v) is 13.2. The fraction of sp³-hybridized carbons (Fsp3) is 0.400. The van der Waals surface area contributed by atoms with Crippen molar-refractivity contribution in [3.05, 3.63) is 52.5 Å². The topological polar surface area (TPSA) is 29.9 Å². The summed E-state index contributed by atoms with van der Waals surface area (Å²) in [7, 11) is 2.01. The van der Waals surface area contributed by atoms with Crippen molar-refractivity contribution >= 4 is 15.9 Å². The van der Waals surface area contributed by atoms with Crippen LogP contribution < -0.4 is 5.32 Å². The molecule has 2 aromatic rings. The van der Waals surface area contributed by atoms with E-state index < -0.39 is 0 Å². The molecule has 0 amide bonds. The van der Waals surface area contributed by atoms with Crippen LogP contribution in [0, 0.1) is 5.92 Å². The van der Waals surface area contributed by atoms with E-state index in [1.165, 1.54) is 5.56 Å². The van der Waals surface area contributed by atoms with Gasteiger partial charge in [-0.15, -0.1) is 0 Å². The largest absolute Gasteiger partial charge is 0.348 e. The van der Waals surface area contributed by atoms with Crippen LogP contribution in [0.15, 0.2) is 41.3 Å². The molecule has 0 saturated heterocycles. The number of nitrogens with zero attached hydrogens (tertiary/aromatic N) is 2. The molecule has 0 aromatic carbocycles. The van der Waals surface area contributed by atoms with Crippen molar-refractivity contribution in [3.63, 3.8) is 0 Å². The molecule has 102 valence electrons. The van der Waals surface area contributed by atoms with Crippen molar-refractivity contribution in [1.29, 1.82) is 0 Å². The lowest BCUT2D eigenvalue weighted by Gasteiger charge is -2.18. The highest BCUT2D eigenvalue weighted by Crippen LogP contribution is 2.21. The molecule has 0 radical (unpaired) electrons. The zero-order valence-electron chi connectivity index (χ0n) is 11.6. The van der Waals surface area contributed by atoms with Gasteiger partial charge < -0.3 is 9.88 Å². The maximum absolute atomic E-state index is 4.40. The maximum Gasteiger partial charge on any atom is 0.0642 e. The Kier molecular flexibility index (Phi) is 4.77. The van der Waals surface area contributed by atoms with Gasteiger partial charge >= 0.3 is 0 Å².